The molecule has 0 N–H and O–H groups in total. The van der Waals surface area contributed by atoms with E-state index in [2.05, 4.69) is 28.1 Å². The predicted octanol–water partition coefficient (Wildman–Crippen LogP) is 4.59. The van der Waals surface area contributed by atoms with Crippen molar-refractivity contribution in [3.05, 3.63) is 34.3 Å². The van der Waals surface area contributed by atoms with Gasteiger partial charge in [0.2, 0.25) is 0 Å². The molecule has 1 rings (SSSR count). The number of halogens is 3. The van der Waals surface area contributed by atoms with Crippen LogP contribution in [-0.2, 0) is 10.2 Å². The highest BCUT2D eigenvalue weighted by atomic mass is 79.9. The van der Waals surface area contributed by atoms with Gasteiger partial charge < -0.3 is 4.74 Å². The highest BCUT2D eigenvalue weighted by molar-refractivity contribution is 9.10. The van der Waals surface area contributed by atoms with Crippen LogP contribution in [-0.4, -0.2) is 25.0 Å². The van der Waals surface area contributed by atoms with Crippen LogP contribution in [0.1, 0.15) is 18.9 Å². The molecule has 17 heavy (non-hydrogen) atoms. The van der Waals surface area contributed by atoms with Gasteiger partial charge in [0.25, 0.3) is 0 Å². The van der Waals surface area contributed by atoms with Crippen molar-refractivity contribution in [2.24, 2.45) is 0 Å². The van der Waals surface area contributed by atoms with Crippen molar-refractivity contribution in [2.45, 2.75) is 18.8 Å². The van der Waals surface area contributed by atoms with Gasteiger partial charge in [0.1, 0.15) is 0 Å². The first-order valence-corrected chi connectivity index (χ1v) is 7.50. The zero-order chi connectivity index (χ0) is 12.7. The minimum absolute atomic E-state index is 0.195. The molecule has 0 bridgehead atoms. The molecule has 0 aromatic heterocycles. The maximum Gasteiger partial charge on any atom is 0.0475 e. The first-order valence-electron chi connectivity index (χ1n) is 5.64. The molecule has 1 aromatic rings. The van der Waals surface area contributed by atoms with Crippen LogP contribution in [0.2, 0.25) is 0 Å². The smallest absolute Gasteiger partial charge is 0.0475 e. The Morgan fingerprint density at radius 3 is 2.24 bits per heavy atom. The normalized spacial score (nSPS) is 11.8. The van der Waals surface area contributed by atoms with Crippen molar-refractivity contribution in [1.82, 2.24) is 0 Å². The van der Waals surface area contributed by atoms with Crippen molar-refractivity contribution in [2.75, 3.05) is 25.0 Å². The zero-order valence-corrected chi connectivity index (χ0v) is 13.0. The number of hydrogen-bond acceptors (Lipinski definition) is 1. The summed E-state index contributed by atoms with van der Waals surface area (Å²) in [5.41, 5.74) is 0.976. The second-order valence-electron chi connectivity index (χ2n) is 4.00. The number of ether oxygens (including phenoxy) is 1. The summed E-state index contributed by atoms with van der Waals surface area (Å²) in [4.78, 5) is 0. The lowest BCUT2D eigenvalue weighted by atomic mass is 9.81. The summed E-state index contributed by atoms with van der Waals surface area (Å²) < 4.78 is 6.47. The second-order valence-corrected chi connectivity index (χ2v) is 5.45. The number of rotatable bonds is 7. The summed E-state index contributed by atoms with van der Waals surface area (Å²) in [6.45, 7) is 3.40. The van der Waals surface area contributed by atoms with Gasteiger partial charge in [0, 0.05) is 34.9 Å². The predicted molar refractivity (Wildman–Crippen MR) is 78.4 cm³/mol. The molecule has 0 atom stereocenters. The van der Waals surface area contributed by atoms with Crippen molar-refractivity contribution >= 4 is 39.1 Å². The van der Waals surface area contributed by atoms with Crippen molar-refractivity contribution in [3.8, 4) is 0 Å². The Morgan fingerprint density at radius 1 is 1.18 bits per heavy atom. The van der Waals surface area contributed by atoms with Crippen LogP contribution in [0.25, 0.3) is 0 Å². The van der Waals surface area contributed by atoms with Crippen LogP contribution in [0, 0.1) is 0 Å². The van der Waals surface area contributed by atoms with Crippen molar-refractivity contribution < 1.29 is 4.74 Å². The average molecular weight is 340 g/mol. The van der Waals surface area contributed by atoms with E-state index in [-0.39, 0.29) is 5.41 Å². The van der Waals surface area contributed by atoms with Gasteiger partial charge in [-0.1, -0.05) is 28.1 Å². The van der Waals surface area contributed by atoms with Crippen LogP contribution < -0.4 is 0 Å². The maximum absolute atomic E-state index is 6.13. The van der Waals surface area contributed by atoms with Crippen LogP contribution in [0.3, 0.4) is 0 Å². The van der Waals surface area contributed by atoms with Crippen LogP contribution in [0.4, 0.5) is 0 Å². The molecule has 4 heteroatoms. The first-order chi connectivity index (χ1) is 8.18. The third-order valence-corrected chi connectivity index (χ3v) is 4.45. The van der Waals surface area contributed by atoms with Gasteiger partial charge in [-0.05, 0) is 31.0 Å². The summed E-state index contributed by atoms with van der Waals surface area (Å²) in [5.74, 6) is 1.01. The van der Waals surface area contributed by atoms with Gasteiger partial charge in [-0.2, -0.15) is 0 Å². The number of alkyl halides is 2. The van der Waals surface area contributed by atoms with E-state index in [1.807, 2.05) is 19.1 Å². The topological polar surface area (TPSA) is 9.23 Å². The Labute approximate surface area is 122 Å². The zero-order valence-electron chi connectivity index (χ0n) is 9.89. The SMILES string of the molecule is CCOCCC(CCl)(CCl)c1ccc(Br)cc1. The van der Waals surface area contributed by atoms with E-state index in [0.717, 1.165) is 17.5 Å². The summed E-state index contributed by atoms with van der Waals surface area (Å²) in [6, 6.07) is 8.18. The Kier molecular flexibility index (Phi) is 6.86. The molecular weight excluding hydrogens is 323 g/mol. The minimum atomic E-state index is -0.195. The highest BCUT2D eigenvalue weighted by Gasteiger charge is 2.30. The second kappa shape index (κ2) is 7.63. The molecule has 96 valence electrons. The summed E-state index contributed by atoms with van der Waals surface area (Å²) in [6.07, 6.45) is 0.843. The molecule has 0 saturated heterocycles. The molecular formula is C13H17BrCl2O. The maximum atomic E-state index is 6.13. The summed E-state index contributed by atoms with van der Waals surface area (Å²) in [7, 11) is 0. The Morgan fingerprint density at radius 2 is 1.76 bits per heavy atom. The molecule has 0 amide bonds. The molecule has 0 spiro atoms. The van der Waals surface area contributed by atoms with Gasteiger partial charge in [-0.25, -0.2) is 0 Å². The minimum Gasteiger partial charge on any atom is -0.382 e. The molecule has 0 heterocycles. The molecule has 0 saturated carbocycles. The lowest BCUT2D eigenvalue weighted by Crippen LogP contribution is -2.32. The van der Waals surface area contributed by atoms with Crippen LogP contribution >= 0.6 is 39.1 Å². The van der Waals surface area contributed by atoms with E-state index in [1.54, 1.807) is 0 Å². The van der Waals surface area contributed by atoms with E-state index in [1.165, 1.54) is 5.56 Å². The summed E-state index contributed by atoms with van der Waals surface area (Å²) >= 11 is 15.7. The fourth-order valence-corrected chi connectivity index (χ4v) is 2.81. The molecule has 0 unspecified atom stereocenters. The molecule has 1 nitrogen and oxygen atoms in total. The van der Waals surface area contributed by atoms with E-state index in [0.29, 0.717) is 18.4 Å². The fourth-order valence-electron chi connectivity index (χ4n) is 1.68. The largest absolute Gasteiger partial charge is 0.382 e. The van der Waals surface area contributed by atoms with Crippen LogP contribution in [0.15, 0.2) is 28.7 Å². The fraction of sp³-hybridized carbons (Fsp3) is 0.538. The van der Waals surface area contributed by atoms with Gasteiger partial charge in [0.15, 0.2) is 0 Å². The van der Waals surface area contributed by atoms with Gasteiger partial charge in [-0.3, -0.25) is 0 Å². The highest BCUT2D eigenvalue weighted by Crippen LogP contribution is 2.32. The molecule has 0 fully saturated rings. The number of benzene rings is 1. The van der Waals surface area contributed by atoms with Gasteiger partial charge in [-0.15, -0.1) is 23.2 Å². The lowest BCUT2D eigenvalue weighted by Gasteiger charge is -2.30. The van der Waals surface area contributed by atoms with E-state index >= 15 is 0 Å². The molecule has 0 aliphatic carbocycles. The van der Waals surface area contributed by atoms with E-state index in [9.17, 15) is 0 Å². The van der Waals surface area contributed by atoms with Gasteiger partial charge in [0.05, 0.1) is 0 Å². The molecule has 0 radical (unpaired) electrons. The van der Waals surface area contributed by atoms with E-state index in [4.69, 9.17) is 27.9 Å². The molecule has 0 aliphatic rings. The average Bonchev–Trinajstić information content (AvgIpc) is 2.37. The summed E-state index contributed by atoms with van der Waals surface area (Å²) in [5, 5.41) is 0. The number of hydrogen-bond donors (Lipinski definition) is 0. The molecule has 0 aliphatic heterocycles. The van der Waals surface area contributed by atoms with Gasteiger partial charge >= 0.3 is 0 Å². The third kappa shape index (κ3) is 4.13. The van der Waals surface area contributed by atoms with Crippen LogP contribution in [0.5, 0.6) is 0 Å². The first kappa shape index (κ1) is 15.3. The standard InChI is InChI=1S/C13H17BrCl2O/c1-2-17-8-7-13(9-15,10-16)11-3-5-12(14)6-4-11/h3-6H,2,7-10H2,1H3. The lowest BCUT2D eigenvalue weighted by molar-refractivity contribution is 0.131. The monoisotopic (exact) mass is 338 g/mol. The third-order valence-electron chi connectivity index (χ3n) is 2.90. The van der Waals surface area contributed by atoms with Crippen molar-refractivity contribution in [3.63, 3.8) is 0 Å². The Bertz CT molecular complexity index is 323. The molecule has 1 aromatic carbocycles. The Balaban J connectivity index is 2.85. The van der Waals surface area contributed by atoms with Crippen molar-refractivity contribution in [1.29, 1.82) is 0 Å². The van der Waals surface area contributed by atoms with E-state index < -0.39 is 0 Å². The quantitative estimate of drug-likeness (QED) is 0.521. The Hall–Kier alpha value is 0.240.